The van der Waals surface area contributed by atoms with Crippen LogP contribution < -0.4 is 10.6 Å². The zero-order valence-electron chi connectivity index (χ0n) is 15.6. The number of aromatic nitrogens is 1. The molecule has 5 nitrogen and oxygen atoms in total. The topological polar surface area (TPSA) is 52.6 Å². The fourth-order valence-electron chi connectivity index (χ4n) is 2.60. The lowest BCUT2D eigenvalue weighted by atomic mass is 10.1. The van der Waals surface area contributed by atoms with Gasteiger partial charge >= 0.3 is 0 Å². The van der Waals surface area contributed by atoms with Gasteiger partial charge in [-0.15, -0.1) is 11.3 Å². The summed E-state index contributed by atoms with van der Waals surface area (Å²) in [6, 6.07) is 10.8. The van der Waals surface area contributed by atoms with Crippen LogP contribution >= 0.6 is 11.3 Å². The quantitative estimate of drug-likeness (QED) is 0.562. The maximum atomic E-state index is 4.46. The van der Waals surface area contributed by atoms with E-state index in [1.807, 2.05) is 12.3 Å². The standard InChI is InChI=1S/C19H29N5S/c1-5-16-13-22-18(25-16)11-12-21-19(20-2)23-14-17(24(3)4)15-9-7-6-8-10-15/h6-10,13,17H,5,11-12,14H2,1-4H3,(H2,20,21,23). The number of benzene rings is 1. The lowest BCUT2D eigenvalue weighted by molar-refractivity contribution is 0.298. The molecule has 0 aliphatic carbocycles. The van der Waals surface area contributed by atoms with Crippen LogP contribution in [0.4, 0.5) is 0 Å². The van der Waals surface area contributed by atoms with E-state index in [4.69, 9.17) is 0 Å². The van der Waals surface area contributed by atoms with Crippen molar-refractivity contribution in [1.29, 1.82) is 0 Å². The maximum absolute atomic E-state index is 4.46. The Hall–Kier alpha value is -1.92. The van der Waals surface area contributed by atoms with Gasteiger partial charge in [0.15, 0.2) is 5.96 Å². The molecule has 1 atom stereocenters. The van der Waals surface area contributed by atoms with E-state index < -0.39 is 0 Å². The van der Waals surface area contributed by atoms with E-state index in [0.717, 1.165) is 31.9 Å². The highest BCUT2D eigenvalue weighted by Crippen LogP contribution is 2.16. The molecule has 6 heteroatoms. The second-order valence-electron chi connectivity index (χ2n) is 6.09. The highest BCUT2D eigenvalue weighted by atomic mass is 32.1. The average molecular weight is 360 g/mol. The van der Waals surface area contributed by atoms with Crippen LogP contribution in [-0.4, -0.2) is 50.1 Å². The van der Waals surface area contributed by atoms with Crippen molar-refractivity contribution in [1.82, 2.24) is 20.5 Å². The summed E-state index contributed by atoms with van der Waals surface area (Å²) in [4.78, 5) is 12.3. The number of likely N-dealkylation sites (N-methyl/N-ethyl adjacent to an activating group) is 1. The van der Waals surface area contributed by atoms with Gasteiger partial charge in [0.2, 0.25) is 0 Å². The van der Waals surface area contributed by atoms with Crippen molar-refractivity contribution in [3.05, 3.63) is 52.0 Å². The predicted octanol–water partition coefficient (Wildman–Crippen LogP) is 2.72. The first-order chi connectivity index (χ1) is 12.1. The molecule has 1 heterocycles. The number of thiazole rings is 1. The molecule has 0 saturated heterocycles. The van der Waals surface area contributed by atoms with E-state index in [2.05, 4.69) is 70.8 Å². The molecule has 0 spiro atoms. The molecule has 1 aromatic carbocycles. The monoisotopic (exact) mass is 359 g/mol. The summed E-state index contributed by atoms with van der Waals surface area (Å²) >= 11 is 1.79. The van der Waals surface area contributed by atoms with E-state index in [1.54, 1.807) is 18.4 Å². The van der Waals surface area contributed by atoms with Crippen molar-refractivity contribution in [2.24, 2.45) is 4.99 Å². The van der Waals surface area contributed by atoms with Crippen molar-refractivity contribution in [2.75, 3.05) is 34.2 Å². The lowest BCUT2D eigenvalue weighted by Gasteiger charge is -2.26. The van der Waals surface area contributed by atoms with Crippen LogP contribution in [0.2, 0.25) is 0 Å². The number of hydrogen-bond donors (Lipinski definition) is 2. The van der Waals surface area contributed by atoms with Gasteiger partial charge in [0.1, 0.15) is 0 Å². The number of nitrogens with one attached hydrogen (secondary N) is 2. The number of aryl methyl sites for hydroxylation is 1. The molecule has 0 aliphatic rings. The van der Waals surface area contributed by atoms with Crippen LogP contribution in [-0.2, 0) is 12.8 Å². The van der Waals surface area contributed by atoms with Crippen molar-refractivity contribution < 1.29 is 0 Å². The molecule has 2 N–H and O–H groups in total. The van der Waals surface area contributed by atoms with E-state index in [1.165, 1.54) is 15.4 Å². The first-order valence-electron chi connectivity index (χ1n) is 8.73. The molecule has 2 rings (SSSR count). The summed E-state index contributed by atoms with van der Waals surface area (Å²) in [7, 11) is 6.01. The van der Waals surface area contributed by atoms with Gasteiger partial charge in [0.25, 0.3) is 0 Å². The number of guanidine groups is 1. The summed E-state index contributed by atoms with van der Waals surface area (Å²) in [5, 5.41) is 7.99. The third-order valence-electron chi connectivity index (χ3n) is 4.08. The Morgan fingerprint density at radius 1 is 1.24 bits per heavy atom. The molecular formula is C19H29N5S. The smallest absolute Gasteiger partial charge is 0.191 e. The zero-order chi connectivity index (χ0) is 18.1. The Bertz CT molecular complexity index is 651. The van der Waals surface area contributed by atoms with E-state index >= 15 is 0 Å². The Kier molecular flexibility index (Phi) is 7.88. The molecular weight excluding hydrogens is 330 g/mol. The molecule has 136 valence electrons. The predicted molar refractivity (Wildman–Crippen MR) is 107 cm³/mol. The molecule has 25 heavy (non-hydrogen) atoms. The minimum Gasteiger partial charge on any atom is -0.356 e. The molecule has 1 unspecified atom stereocenters. The van der Waals surface area contributed by atoms with Gasteiger partial charge in [-0.3, -0.25) is 4.99 Å². The summed E-state index contributed by atoms with van der Waals surface area (Å²) < 4.78 is 0. The first kappa shape index (κ1) is 19.4. The lowest BCUT2D eigenvalue weighted by Crippen LogP contribution is -2.42. The minimum absolute atomic E-state index is 0.297. The zero-order valence-corrected chi connectivity index (χ0v) is 16.4. The van der Waals surface area contributed by atoms with E-state index in [9.17, 15) is 0 Å². The van der Waals surface area contributed by atoms with E-state index in [-0.39, 0.29) is 0 Å². The van der Waals surface area contributed by atoms with Crippen LogP contribution in [0.5, 0.6) is 0 Å². The molecule has 0 amide bonds. The average Bonchev–Trinajstić information content (AvgIpc) is 3.09. The van der Waals surface area contributed by atoms with Crippen molar-refractivity contribution in [2.45, 2.75) is 25.8 Å². The van der Waals surface area contributed by atoms with Crippen LogP contribution in [0.15, 0.2) is 41.5 Å². The first-order valence-corrected chi connectivity index (χ1v) is 9.55. The number of rotatable bonds is 8. The van der Waals surface area contributed by atoms with Gasteiger partial charge in [-0.1, -0.05) is 37.3 Å². The molecule has 0 fully saturated rings. The molecule has 0 bridgehead atoms. The summed E-state index contributed by atoms with van der Waals surface area (Å²) in [6.45, 7) is 3.79. The highest BCUT2D eigenvalue weighted by Gasteiger charge is 2.14. The molecule has 0 saturated carbocycles. The van der Waals surface area contributed by atoms with Crippen LogP contribution in [0, 0.1) is 0 Å². The maximum Gasteiger partial charge on any atom is 0.191 e. The Morgan fingerprint density at radius 3 is 2.60 bits per heavy atom. The fraction of sp³-hybridized carbons (Fsp3) is 0.474. The molecule has 0 aliphatic heterocycles. The van der Waals surface area contributed by atoms with E-state index in [0.29, 0.717) is 6.04 Å². The van der Waals surface area contributed by atoms with Crippen LogP contribution in [0.1, 0.15) is 28.4 Å². The Balaban J connectivity index is 1.82. The summed E-state index contributed by atoms with van der Waals surface area (Å²) in [5.41, 5.74) is 1.30. The van der Waals surface area contributed by atoms with Crippen LogP contribution in [0.25, 0.3) is 0 Å². The van der Waals surface area contributed by atoms with Crippen molar-refractivity contribution >= 4 is 17.3 Å². The second kappa shape index (κ2) is 10.2. The molecule has 1 aromatic heterocycles. The third-order valence-corrected chi connectivity index (χ3v) is 5.28. The largest absolute Gasteiger partial charge is 0.356 e. The Labute approximate surface area is 155 Å². The van der Waals surface area contributed by atoms with Crippen LogP contribution in [0.3, 0.4) is 0 Å². The van der Waals surface area contributed by atoms with Gasteiger partial charge in [-0.25, -0.2) is 4.98 Å². The number of aliphatic imine (C=N–C) groups is 1. The highest BCUT2D eigenvalue weighted by molar-refractivity contribution is 7.11. The SMILES string of the molecule is CCc1cnc(CCNC(=NC)NCC(c2ccccc2)N(C)C)s1. The van der Waals surface area contributed by atoms with Gasteiger partial charge < -0.3 is 15.5 Å². The second-order valence-corrected chi connectivity index (χ2v) is 7.29. The third kappa shape index (κ3) is 6.14. The van der Waals surface area contributed by atoms with Gasteiger partial charge in [-0.2, -0.15) is 0 Å². The van der Waals surface area contributed by atoms with Crippen molar-refractivity contribution in [3.63, 3.8) is 0 Å². The Morgan fingerprint density at radius 2 is 2.00 bits per heavy atom. The summed E-state index contributed by atoms with van der Waals surface area (Å²) in [6.07, 6.45) is 3.95. The molecule has 2 aromatic rings. The summed E-state index contributed by atoms with van der Waals surface area (Å²) in [5.74, 6) is 0.829. The van der Waals surface area contributed by atoms with Crippen molar-refractivity contribution in [3.8, 4) is 0 Å². The number of nitrogens with zero attached hydrogens (tertiary/aromatic N) is 3. The normalized spacial score (nSPS) is 13.1. The fourth-order valence-corrected chi connectivity index (χ4v) is 3.46. The van der Waals surface area contributed by atoms with Gasteiger partial charge in [-0.05, 0) is 26.1 Å². The van der Waals surface area contributed by atoms with Gasteiger partial charge in [0.05, 0.1) is 11.0 Å². The minimum atomic E-state index is 0.297. The number of hydrogen-bond acceptors (Lipinski definition) is 4. The molecule has 0 radical (unpaired) electrons. The van der Waals surface area contributed by atoms with Gasteiger partial charge in [0, 0.05) is 37.6 Å².